The van der Waals surface area contributed by atoms with Crippen LogP contribution in [0, 0.1) is 5.95 Å². The smallest absolute Gasteiger partial charge is 0.344 e. The molecule has 3 rings (SSSR count). The van der Waals surface area contributed by atoms with E-state index in [1.165, 1.54) is 24.5 Å². The summed E-state index contributed by atoms with van der Waals surface area (Å²) in [7, 11) is 0. The Morgan fingerprint density at radius 2 is 2.15 bits per heavy atom. The third kappa shape index (κ3) is 1.69. The fourth-order valence-electron chi connectivity index (χ4n) is 1.87. The van der Waals surface area contributed by atoms with Crippen LogP contribution in [0.3, 0.4) is 0 Å². The monoisotopic (exact) mass is 291 g/mol. The van der Waals surface area contributed by atoms with Crippen LogP contribution >= 0.6 is 11.3 Å². The van der Waals surface area contributed by atoms with Gasteiger partial charge in [-0.1, -0.05) is 0 Å². The minimum Gasteiger partial charge on any atom is -0.477 e. The molecule has 0 saturated heterocycles. The molecule has 0 radical (unpaired) electrons. The third-order valence-corrected chi connectivity index (χ3v) is 3.45. The van der Waals surface area contributed by atoms with Crippen LogP contribution in [0.15, 0.2) is 34.7 Å². The Kier molecular flexibility index (Phi) is 2.79. The predicted octanol–water partition coefficient (Wildman–Crippen LogP) is 1.68. The van der Waals surface area contributed by atoms with E-state index in [2.05, 4.69) is 9.97 Å². The lowest BCUT2D eigenvalue weighted by molar-refractivity contribution is 0.0689. The largest absolute Gasteiger partial charge is 0.477 e. The molecule has 0 fully saturated rings. The molecule has 1 N–H and O–H groups in total. The van der Waals surface area contributed by atoms with Crippen molar-refractivity contribution in [3.63, 3.8) is 0 Å². The van der Waals surface area contributed by atoms with E-state index in [9.17, 15) is 14.0 Å². The molecular formula is C12H6FN3O3S. The molecular weight excluding hydrogens is 285 g/mol. The fourth-order valence-corrected chi connectivity index (χ4v) is 2.51. The van der Waals surface area contributed by atoms with E-state index in [4.69, 9.17) is 5.11 Å². The maximum absolute atomic E-state index is 14.4. The number of carbonyl (C=O) groups is 1. The highest BCUT2D eigenvalue weighted by atomic mass is 32.1. The van der Waals surface area contributed by atoms with Crippen LogP contribution in [0.5, 0.6) is 0 Å². The maximum atomic E-state index is 14.4. The van der Waals surface area contributed by atoms with Crippen LogP contribution < -0.4 is 5.43 Å². The number of fused-ring (bicyclic) bond motifs is 1. The van der Waals surface area contributed by atoms with Crippen LogP contribution in [-0.4, -0.2) is 25.6 Å². The van der Waals surface area contributed by atoms with Crippen LogP contribution in [-0.2, 0) is 0 Å². The molecule has 0 unspecified atom stereocenters. The van der Waals surface area contributed by atoms with Gasteiger partial charge >= 0.3 is 5.97 Å². The van der Waals surface area contributed by atoms with Gasteiger partial charge in [-0.05, 0) is 12.1 Å². The van der Waals surface area contributed by atoms with Gasteiger partial charge in [0.1, 0.15) is 0 Å². The average Bonchev–Trinajstić information content (AvgIpc) is 2.92. The van der Waals surface area contributed by atoms with E-state index in [-0.39, 0.29) is 16.2 Å². The molecule has 0 saturated carbocycles. The molecule has 0 atom stereocenters. The fraction of sp³-hybridized carbons (Fsp3) is 0. The molecule has 0 aliphatic carbocycles. The lowest BCUT2D eigenvalue weighted by Crippen LogP contribution is -2.23. The van der Waals surface area contributed by atoms with Gasteiger partial charge in [0.05, 0.1) is 5.39 Å². The standard InChI is InChI=1S/C12H6FN3O3S/c13-9-7(11(18)19)8(17)6-2-1-3-14-10(6)16(9)12-15-4-5-20-12/h1-5H,(H,18,19). The number of nitrogens with zero attached hydrogens (tertiary/aromatic N) is 3. The Balaban J connectivity index is 2.56. The molecule has 0 spiro atoms. The molecule has 0 amide bonds. The number of hydrogen-bond donors (Lipinski definition) is 1. The quantitative estimate of drug-likeness (QED) is 0.726. The first kappa shape index (κ1) is 12.4. The Morgan fingerprint density at radius 1 is 1.35 bits per heavy atom. The molecule has 0 aliphatic heterocycles. The Hall–Kier alpha value is -2.61. The van der Waals surface area contributed by atoms with E-state index in [1.807, 2.05) is 0 Å². The van der Waals surface area contributed by atoms with E-state index in [1.54, 1.807) is 5.38 Å². The SMILES string of the molecule is O=C(O)c1c(F)n(-c2nccs2)c2ncccc2c1=O. The zero-order valence-corrected chi connectivity index (χ0v) is 10.6. The summed E-state index contributed by atoms with van der Waals surface area (Å²) in [6.45, 7) is 0. The zero-order chi connectivity index (χ0) is 14.3. The highest BCUT2D eigenvalue weighted by Crippen LogP contribution is 2.20. The van der Waals surface area contributed by atoms with Crippen LogP contribution in [0.25, 0.3) is 16.2 Å². The van der Waals surface area contributed by atoms with Gasteiger partial charge in [-0.15, -0.1) is 11.3 Å². The number of hydrogen-bond acceptors (Lipinski definition) is 5. The van der Waals surface area contributed by atoms with E-state index < -0.39 is 22.9 Å². The second-order valence-corrected chi connectivity index (χ2v) is 4.70. The zero-order valence-electron chi connectivity index (χ0n) is 9.78. The minimum absolute atomic E-state index is 0.0292. The lowest BCUT2D eigenvalue weighted by atomic mass is 10.2. The van der Waals surface area contributed by atoms with E-state index in [0.717, 1.165) is 15.9 Å². The third-order valence-electron chi connectivity index (χ3n) is 2.70. The molecule has 6 nitrogen and oxygen atoms in total. The number of carboxylic acids is 1. The number of halogens is 1. The van der Waals surface area contributed by atoms with Crippen molar-refractivity contribution in [2.24, 2.45) is 0 Å². The normalized spacial score (nSPS) is 10.8. The van der Waals surface area contributed by atoms with Crippen molar-refractivity contribution < 1.29 is 14.3 Å². The molecule has 3 heterocycles. The molecule has 3 aromatic rings. The number of pyridine rings is 2. The number of rotatable bonds is 2. The Morgan fingerprint density at radius 3 is 2.80 bits per heavy atom. The van der Waals surface area contributed by atoms with E-state index >= 15 is 0 Å². The molecule has 20 heavy (non-hydrogen) atoms. The summed E-state index contributed by atoms with van der Waals surface area (Å²) in [4.78, 5) is 31.0. The summed E-state index contributed by atoms with van der Waals surface area (Å²) >= 11 is 1.11. The summed E-state index contributed by atoms with van der Waals surface area (Å²) in [6.07, 6.45) is 2.85. The van der Waals surface area contributed by atoms with Crippen LogP contribution in [0.4, 0.5) is 4.39 Å². The van der Waals surface area contributed by atoms with Crippen molar-refractivity contribution in [3.8, 4) is 5.13 Å². The number of carboxylic acid groups (broad SMARTS) is 1. The first-order chi connectivity index (χ1) is 9.61. The first-order valence-corrected chi connectivity index (χ1v) is 6.31. The molecule has 8 heteroatoms. The van der Waals surface area contributed by atoms with Gasteiger partial charge in [0, 0.05) is 17.8 Å². The van der Waals surface area contributed by atoms with Gasteiger partial charge < -0.3 is 5.11 Å². The number of aromatic nitrogens is 3. The summed E-state index contributed by atoms with van der Waals surface area (Å²) in [5.41, 5.74) is -1.78. The highest BCUT2D eigenvalue weighted by molar-refractivity contribution is 7.12. The van der Waals surface area contributed by atoms with Crippen molar-refractivity contribution in [2.75, 3.05) is 0 Å². The first-order valence-electron chi connectivity index (χ1n) is 5.43. The number of thiazole rings is 1. The summed E-state index contributed by atoms with van der Waals surface area (Å²) in [6, 6.07) is 2.89. The molecule has 100 valence electrons. The summed E-state index contributed by atoms with van der Waals surface area (Å²) < 4.78 is 15.3. The van der Waals surface area contributed by atoms with Gasteiger partial charge in [0.15, 0.2) is 16.3 Å². The molecule has 3 aromatic heterocycles. The van der Waals surface area contributed by atoms with Crippen molar-refractivity contribution >= 4 is 28.3 Å². The van der Waals surface area contributed by atoms with Gasteiger partial charge in [-0.3, -0.25) is 4.79 Å². The second-order valence-electron chi connectivity index (χ2n) is 3.82. The van der Waals surface area contributed by atoms with Crippen LogP contribution in [0.1, 0.15) is 10.4 Å². The molecule has 0 aromatic carbocycles. The molecule has 0 bridgehead atoms. The van der Waals surface area contributed by atoms with Crippen molar-refractivity contribution in [3.05, 3.63) is 51.6 Å². The maximum Gasteiger partial charge on any atom is 0.344 e. The minimum atomic E-state index is -1.62. The van der Waals surface area contributed by atoms with Crippen molar-refractivity contribution in [1.82, 2.24) is 14.5 Å². The highest BCUT2D eigenvalue weighted by Gasteiger charge is 2.24. The Labute approximate surface area is 114 Å². The van der Waals surface area contributed by atoms with Gasteiger partial charge in [0.2, 0.25) is 11.4 Å². The Bertz CT molecular complexity index is 874. The summed E-state index contributed by atoms with van der Waals surface area (Å²) in [5, 5.41) is 10.9. The van der Waals surface area contributed by atoms with Gasteiger partial charge in [0.25, 0.3) is 0 Å². The van der Waals surface area contributed by atoms with Crippen molar-refractivity contribution in [2.45, 2.75) is 0 Å². The lowest BCUT2D eigenvalue weighted by Gasteiger charge is -2.10. The van der Waals surface area contributed by atoms with Gasteiger partial charge in [-0.25, -0.2) is 19.3 Å². The average molecular weight is 291 g/mol. The van der Waals surface area contributed by atoms with Crippen LogP contribution in [0.2, 0.25) is 0 Å². The molecule has 0 aliphatic rings. The predicted molar refractivity (Wildman–Crippen MR) is 69.9 cm³/mol. The summed E-state index contributed by atoms with van der Waals surface area (Å²) in [5.74, 6) is -2.80. The number of aromatic carboxylic acids is 1. The topological polar surface area (TPSA) is 85.1 Å². The van der Waals surface area contributed by atoms with Gasteiger partial charge in [-0.2, -0.15) is 4.39 Å². The van der Waals surface area contributed by atoms with E-state index in [0.29, 0.717) is 0 Å². The van der Waals surface area contributed by atoms with Crippen molar-refractivity contribution in [1.29, 1.82) is 0 Å². The second kappa shape index (κ2) is 4.49.